The van der Waals surface area contributed by atoms with Crippen LogP contribution in [0, 0.1) is 12.3 Å². The van der Waals surface area contributed by atoms with Crippen LogP contribution in [-0.2, 0) is 14.9 Å². The van der Waals surface area contributed by atoms with Crippen LogP contribution in [0.2, 0.25) is 0 Å². The van der Waals surface area contributed by atoms with Crippen molar-refractivity contribution in [3.8, 4) is 5.75 Å². The lowest BCUT2D eigenvalue weighted by Crippen LogP contribution is -2.80. The predicted octanol–water partition coefficient (Wildman–Crippen LogP) is 1.38. The van der Waals surface area contributed by atoms with Gasteiger partial charge in [0.15, 0.2) is 0 Å². The number of benzene rings is 1. The van der Waals surface area contributed by atoms with Gasteiger partial charge in [0.25, 0.3) is 0 Å². The van der Waals surface area contributed by atoms with Crippen LogP contribution in [-0.4, -0.2) is 79.2 Å². The number of carbonyl (C=O) groups is 1. The highest BCUT2D eigenvalue weighted by molar-refractivity contribution is 5.86. The van der Waals surface area contributed by atoms with E-state index in [1.165, 1.54) is 7.11 Å². The fourth-order valence-electron chi connectivity index (χ4n) is 7.58. The summed E-state index contributed by atoms with van der Waals surface area (Å²) in [7, 11) is 4.82. The fraction of sp³-hybridized carbons (Fsp3) is 0.625. The summed E-state index contributed by atoms with van der Waals surface area (Å²) in [4.78, 5) is 17.6. The van der Waals surface area contributed by atoms with E-state index >= 15 is 0 Å². The van der Waals surface area contributed by atoms with E-state index in [0.29, 0.717) is 6.42 Å². The van der Waals surface area contributed by atoms with Crippen LogP contribution >= 0.6 is 0 Å². The summed E-state index contributed by atoms with van der Waals surface area (Å²) in [6.45, 7) is 5.70. The molecular formula is C24H32N2O5. The molecule has 2 N–H and O–H groups in total. The van der Waals surface area contributed by atoms with Crippen molar-refractivity contribution >= 4 is 11.7 Å². The Bertz CT molecular complexity index is 979. The third kappa shape index (κ3) is 2.12. The van der Waals surface area contributed by atoms with Gasteiger partial charge in [-0.3, -0.25) is 4.90 Å². The van der Waals surface area contributed by atoms with Crippen LogP contribution in [0.5, 0.6) is 5.75 Å². The van der Waals surface area contributed by atoms with Crippen LogP contribution in [0.15, 0.2) is 24.3 Å². The Kier molecular flexibility index (Phi) is 4.34. The number of likely N-dealkylation sites (N-methyl/N-ethyl adjacent to an activating group) is 1. The van der Waals surface area contributed by atoms with Gasteiger partial charge in [0.2, 0.25) is 5.60 Å². The highest BCUT2D eigenvalue weighted by Gasteiger charge is 2.79. The van der Waals surface area contributed by atoms with Gasteiger partial charge in [-0.15, -0.1) is 0 Å². The van der Waals surface area contributed by atoms with E-state index < -0.39 is 34.5 Å². The summed E-state index contributed by atoms with van der Waals surface area (Å²) in [5, 5.41) is 23.9. The van der Waals surface area contributed by atoms with Gasteiger partial charge in [0.05, 0.1) is 20.3 Å². The average Bonchev–Trinajstić information content (AvgIpc) is 3.28. The summed E-state index contributed by atoms with van der Waals surface area (Å²) in [5.74, 6) is -0.0145. The molecule has 31 heavy (non-hydrogen) atoms. The van der Waals surface area contributed by atoms with E-state index in [2.05, 4.69) is 17.0 Å². The van der Waals surface area contributed by atoms with Crippen LogP contribution in [0.4, 0.5) is 5.69 Å². The first-order valence-corrected chi connectivity index (χ1v) is 11.1. The lowest BCUT2D eigenvalue weighted by Gasteiger charge is -2.63. The Morgan fingerprint density at radius 2 is 2.03 bits per heavy atom. The first kappa shape index (κ1) is 20.8. The van der Waals surface area contributed by atoms with Crippen molar-refractivity contribution < 1.29 is 24.5 Å². The second-order valence-corrected chi connectivity index (χ2v) is 9.63. The molecule has 3 aliphatic heterocycles. The maximum absolute atomic E-state index is 13.2. The molecule has 1 spiro atoms. The Balaban J connectivity index is 1.87. The number of carbonyl (C=O) groups excluding carboxylic acids is 1. The molecule has 3 heterocycles. The van der Waals surface area contributed by atoms with Gasteiger partial charge in [-0.25, -0.2) is 4.79 Å². The monoisotopic (exact) mass is 428 g/mol. The number of anilines is 1. The van der Waals surface area contributed by atoms with E-state index in [9.17, 15) is 15.0 Å². The summed E-state index contributed by atoms with van der Waals surface area (Å²) in [5.41, 5.74) is -0.287. The molecule has 1 aromatic rings. The maximum atomic E-state index is 13.2. The Labute approximate surface area is 183 Å². The molecule has 0 bridgehead atoms. The molecule has 1 aromatic carbocycles. The number of aliphatic hydroxyl groups is 2. The van der Waals surface area contributed by atoms with Crippen molar-refractivity contribution in [2.24, 2.45) is 5.41 Å². The smallest absolute Gasteiger partial charge is 0.342 e. The molecule has 7 heteroatoms. The van der Waals surface area contributed by atoms with Crippen molar-refractivity contribution in [1.82, 2.24) is 4.90 Å². The standard InChI is InChI=1S/C24H32N2O5/c1-6-22-8-7-10-26-11-9-23(18(22)26)15-12-14(2)17(30-4)13-16(15)25(3)19(23)24(29,20(22)27)21(28)31-5/h7-8,12-13,18-20,27,29H,6,9-11H2,1-5H3. The summed E-state index contributed by atoms with van der Waals surface area (Å²) in [6, 6.07) is 3.47. The van der Waals surface area contributed by atoms with Crippen molar-refractivity contribution in [3.63, 3.8) is 0 Å². The van der Waals surface area contributed by atoms with Crippen molar-refractivity contribution in [2.45, 2.75) is 55.9 Å². The molecule has 1 saturated heterocycles. The van der Waals surface area contributed by atoms with Crippen LogP contribution in [0.3, 0.4) is 0 Å². The van der Waals surface area contributed by atoms with E-state index in [0.717, 1.165) is 42.1 Å². The minimum Gasteiger partial charge on any atom is -0.496 e. The lowest BCUT2D eigenvalue weighted by atomic mass is 9.48. The summed E-state index contributed by atoms with van der Waals surface area (Å²) in [6.07, 6.45) is 4.22. The molecule has 6 unspecified atom stereocenters. The lowest BCUT2D eigenvalue weighted by molar-refractivity contribution is -0.218. The molecule has 0 radical (unpaired) electrons. The second kappa shape index (κ2) is 6.47. The van der Waals surface area contributed by atoms with Gasteiger partial charge in [0.1, 0.15) is 11.9 Å². The molecule has 0 amide bonds. The molecule has 0 aromatic heterocycles. The third-order valence-corrected chi connectivity index (χ3v) is 8.68. The zero-order valence-corrected chi connectivity index (χ0v) is 18.9. The highest BCUT2D eigenvalue weighted by Crippen LogP contribution is 2.66. The van der Waals surface area contributed by atoms with Crippen LogP contribution < -0.4 is 9.64 Å². The van der Waals surface area contributed by atoms with Crippen LogP contribution in [0.1, 0.15) is 30.9 Å². The Hall–Kier alpha value is -2.09. The molecule has 4 aliphatic rings. The summed E-state index contributed by atoms with van der Waals surface area (Å²) < 4.78 is 10.7. The van der Waals surface area contributed by atoms with Crippen molar-refractivity contribution in [3.05, 3.63) is 35.4 Å². The van der Waals surface area contributed by atoms with Gasteiger partial charge >= 0.3 is 5.97 Å². The molecule has 168 valence electrons. The zero-order chi connectivity index (χ0) is 22.3. The zero-order valence-electron chi connectivity index (χ0n) is 18.9. The summed E-state index contributed by atoms with van der Waals surface area (Å²) >= 11 is 0. The van der Waals surface area contributed by atoms with Crippen LogP contribution in [0.25, 0.3) is 0 Å². The number of aryl methyl sites for hydroxylation is 1. The number of hydrogen-bond acceptors (Lipinski definition) is 7. The Morgan fingerprint density at radius 3 is 2.68 bits per heavy atom. The maximum Gasteiger partial charge on any atom is 0.342 e. The first-order valence-electron chi connectivity index (χ1n) is 11.1. The number of nitrogens with zero attached hydrogens (tertiary/aromatic N) is 2. The minimum atomic E-state index is -2.08. The number of rotatable bonds is 3. The fourth-order valence-corrected chi connectivity index (χ4v) is 7.58. The van der Waals surface area contributed by atoms with Gasteiger partial charge in [-0.05, 0) is 43.5 Å². The van der Waals surface area contributed by atoms with E-state index in [-0.39, 0.29) is 6.04 Å². The SMILES string of the molecule is CCC12C=CCN3CCC4(c5cc(C)c(OC)cc5N(C)C4C(O)(C(=O)OC)C1O)C32. The number of methoxy groups -OCH3 is 2. The second-order valence-electron chi connectivity index (χ2n) is 9.63. The molecule has 1 saturated carbocycles. The number of fused-ring (bicyclic) bond motifs is 1. The average molecular weight is 429 g/mol. The first-order chi connectivity index (χ1) is 14.7. The number of esters is 1. The third-order valence-electron chi connectivity index (χ3n) is 8.68. The quantitative estimate of drug-likeness (QED) is 0.556. The molecule has 1 aliphatic carbocycles. The number of ether oxygens (including phenoxy) is 2. The van der Waals surface area contributed by atoms with Gasteiger partial charge in [-0.1, -0.05) is 19.1 Å². The number of aliphatic hydroxyl groups excluding tert-OH is 1. The topological polar surface area (TPSA) is 82.5 Å². The van der Waals surface area contributed by atoms with Gasteiger partial charge < -0.3 is 24.6 Å². The minimum absolute atomic E-state index is 0.0311. The molecule has 5 rings (SSSR count). The normalized spacial score (nSPS) is 40.4. The highest BCUT2D eigenvalue weighted by atomic mass is 16.5. The number of hydrogen-bond donors (Lipinski definition) is 2. The predicted molar refractivity (Wildman–Crippen MR) is 116 cm³/mol. The van der Waals surface area contributed by atoms with Crippen molar-refractivity contribution in [1.29, 1.82) is 0 Å². The molecule has 7 nitrogen and oxygen atoms in total. The molecule has 6 atom stereocenters. The van der Waals surface area contributed by atoms with E-state index in [4.69, 9.17) is 9.47 Å². The Morgan fingerprint density at radius 1 is 1.29 bits per heavy atom. The van der Waals surface area contributed by atoms with Gasteiger partial charge in [-0.2, -0.15) is 0 Å². The van der Waals surface area contributed by atoms with E-state index in [1.54, 1.807) is 7.11 Å². The van der Waals surface area contributed by atoms with Gasteiger partial charge in [0, 0.05) is 42.2 Å². The van der Waals surface area contributed by atoms with Crippen molar-refractivity contribution in [2.75, 3.05) is 39.3 Å². The largest absolute Gasteiger partial charge is 0.496 e. The van der Waals surface area contributed by atoms with E-state index in [1.807, 2.05) is 37.9 Å². The molecule has 2 fully saturated rings. The molecular weight excluding hydrogens is 396 g/mol.